The van der Waals surface area contributed by atoms with Gasteiger partial charge in [-0.1, -0.05) is 6.92 Å². The predicted octanol–water partition coefficient (Wildman–Crippen LogP) is 1.74. The highest BCUT2D eigenvalue weighted by molar-refractivity contribution is 5.92. The Hall–Kier alpha value is -2.21. The standard InChI is InChI=1S/C15H19FN4O/c1-2-7-17-8-9-19-15(21)14-10-18-11-20(14)13-5-3-12(16)4-6-13/h3-6,10-11,17H,2,7-9H2,1H3,(H,19,21). The summed E-state index contributed by atoms with van der Waals surface area (Å²) in [7, 11) is 0. The van der Waals surface area contributed by atoms with Gasteiger partial charge in [0.25, 0.3) is 5.91 Å². The maximum atomic E-state index is 12.9. The quantitative estimate of drug-likeness (QED) is 0.764. The summed E-state index contributed by atoms with van der Waals surface area (Å²) in [4.78, 5) is 16.1. The minimum absolute atomic E-state index is 0.199. The first kappa shape index (κ1) is 15.2. The number of hydrogen-bond acceptors (Lipinski definition) is 3. The molecule has 2 N–H and O–H groups in total. The fraction of sp³-hybridized carbons (Fsp3) is 0.333. The third kappa shape index (κ3) is 4.13. The zero-order valence-electron chi connectivity index (χ0n) is 12.0. The molecular formula is C15H19FN4O. The Morgan fingerprint density at radius 3 is 2.71 bits per heavy atom. The summed E-state index contributed by atoms with van der Waals surface area (Å²) in [5.41, 5.74) is 1.13. The molecule has 0 aliphatic heterocycles. The van der Waals surface area contributed by atoms with Crippen LogP contribution in [0.15, 0.2) is 36.8 Å². The van der Waals surface area contributed by atoms with E-state index >= 15 is 0 Å². The highest BCUT2D eigenvalue weighted by atomic mass is 19.1. The maximum Gasteiger partial charge on any atom is 0.269 e. The first-order valence-corrected chi connectivity index (χ1v) is 6.99. The molecule has 2 rings (SSSR count). The molecule has 5 nitrogen and oxygen atoms in total. The number of nitrogens with one attached hydrogen (secondary N) is 2. The van der Waals surface area contributed by atoms with Gasteiger partial charge in [0.05, 0.1) is 12.5 Å². The Morgan fingerprint density at radius 2 is 2.00 bits per heavy atom. The lowest BCUT2D eigenvalue weighted by molar-refractivity contribution is 0.0947. The average Bonchev–Trinajstić information content (AvgIpc) is 2.97. The van der Waals surface area contributed by atoms with E-state index < -0.39 is 0 Å². The second-order valence-electron chi connectivity index (χ2n) is 4.63. The maximum absolute atomic E-state index is 12.9. The second kappa shape index (κ2) is 7.54. The summed E-state index contributed by atoms with van der Waals surface area (Å²) in [5.74, 6) is -0.512. The van der Waals surface area contributed by atoms with E-state index in [0.29, 0.717) is 17.9 Å². The van der Waals surface area contributed by atoms with E-state index in [1.54, 1.807) is 16.7 Å². The van der Waals surface area contributed by atoms with Crippen LogP contribution in [0.5, 0.6) is 0 Å². The van der Waals surface area contributed by atoms with Crippen LogP contribution in [-0.2, 0) is 0 Å². The molecule has 1 amide bonds. The van der Waals surface area contributed by atoms with Crippen LogP contribution in [0.2, 0.25) is 0 Å². The summed E-state index contributed by atoms with van der Waals surface area (Å²) < 4.78 is 14.6. The fourth-order valence-corrected chi connectivity index (χ4v) is 1.93. The molecule has 1 aromatic heterocycles. The van der Waals surface area contributed by atoms with Gasteiger partial charge < -0.3 is 10.6 Å². The van der Waals surface area contributed by atoms with E-state index in [1.165, 1.54) is 24.7 Å². The molecule has 1 heterocycles. The van der Waals surface area contributed by atoms with Crippen molar-refractivity contribution in [2.45, 2.75) is 13.3 Å². The van der Waals surface area contributed by atoms with Crippen molar-refractivity contribution in [1.82, 2.24) is 20.2 Å². The van der Waals surface area contributed by atoms with Crippen LogP contribution in [0.25, 0.3) is 5.69 Å². The van der Waals surface area contributed by atoms with Crippen molar-refractivity contribution >= 4 is 5.91 Å². The predicted molar refractivity (Wildman–Crippen MR) is 79.0 cm³/mol. The number of benzene rings is 1. The molecule has 0 bridgehead atoms. The molecule has 6 heteroatoms. The molecule has 1 aromatic carbocycles. The van der Waals surface area contributed by atoms with Gasteiger partial charge in [-0.25, -0.2) is 9.37 Å². The smallest absolute Gasteiger partial charge is 0.269 e. The molecule has 0 atom stereocenters. The molecule has 0 aliphatic rings. The van der Waals surface area contributed by atoms with E-state index in [9.17, 15) is 9.18 Å². The number of aromatic nitrogens is 2. The Morgan fingerprint density at radius 1 is 1.24 bits per heavy atom. The Labute approximate surface area is 123 Å². The molecule has 0 spiro atoms. The van der Waals surface area contributed by atoms with E-state index in [-0.39, 0.29) is 11.7 Å². The van der Waals surface area contributed by atoms with Crippen LogP contribution < -0.4 is 10.6 Å². The van der Waals surface area contributed by atoms with Gasteiger partial charge in [-0.15, -0.1) is 0 Å². The average molecular weight is 290 g/mol. The molecule has 0 radical (unpaired) electrons. The van der Waals surface area contributed by atoms with Gasteiger partial charge in [-0.05, 0) is 37.2 Å². The number of carbonyl (C=O) groups is 1. The van der Waals surface area contributed by atoms with Gasteiger partial charge in [0, 0.05) is 18.8 Å². The van der Waals surface area contributed by atoms with Crippen molar-refractivity contribution in [3.8, 4) is 5.69 Å². The molecular weight excluding hydrogens is 271 g/mol. The van der Waals surface area contributed by atoms with Crippen molar-refractivity contribution in [2.75, 3.05) is 19.6 Å². The molecule has 0 unspecified atom stereocenters. The van der Waals surface area contributed by atoms with Crippen molar-refractivity contribution in [3.05, 3.63) is 48.3 Å². The normalized spacial score (nSPS) is 10.6. The Bertz CT molecular complexity index is 580. The van der Waals surface area contributed by atoms with Crippen LogP contribution in [0, 0.1) is 5.82 Å². The summed E-state index contributed by atoms with van der Waals surface area (Å²) in [6, 6.07) is 5.92. The van der Waals surface area contributed by atoms with Crippen LogP contribution in [0.4, 0.5) is 4.39 Å². The van der Waals surface area contributed by atoms with Crippen LogP contribution in [0.3, 0.4) is 0 Å². The highest BCUT2D eigenvalue weighted by Gasteiger charge is 2.12. The Balaban J connectivity index is 1.99. The van der Waals surface area contributed by atoms with E-state index in [1.807, 2.05) is 0 Å². The van der Waals surface area contributed by atoms with Crippen molar-refractivity contribution in [1.29, 1.82) is 0 Å². The van der Waals surface area contributed by atoms with Crippen molar-refractivity contribution in [3.63, 3.8) is 0 Å². The third-order valence-electron chi connectivity index (χ3n) is 2.99. The van der Waals surface area contributed by atoms with Crippen molar-refractivity contribution in [2.24, 2.45) is 0 Å². The summed E-state index contributed by atoms with van der Waals surface area (Å²) in [5, 5.41) is 6.04. The number of imidazole rings is 1. The first-order valence-electron chi connectivity index (χ1n) is 6.99. The van der Waals surface area contributed by atoms with Gasteiger partial charge in [0.15, 0.2) is 0 Å². The number of rotatable bonds is 7. The number of carbonyl (C=O) groups excluding carboxylic acids is 1. The molecule has 0 saturated heterocycles. The zero-order valence-corrected chi connectivity index (χ0v) is 12.0. The molecule has 112 valence electrons. The summed E-state index contributed by atoms with van der Waals surface area (Å²) in [6.45, 7) is 4.30. The van der Waals surface area contributed by atoms with Crippen LogP contribution in [-0.4, -0.2) is 35.1 Å². The van der Waals surface area contributed by atoms with E-state index in [0.717, 1.165) is 19.5 Å². The second-order valence-corrected chi connectivity index (χ2v) is 4.63. The number of nitrogens with zero attached hydrogens (tertiary/aromatic N) is 2. The molecule has 0 saturated carbocycles. The van der Waals surface area contributed by atoms with Crippen molar-refractivity contribution < 1.29 is 9.18 Å². The molecule has 2 aromatic rings. The minimum atomic E-state index is -0.313. The topological polar surface area (TPSA) is 58.9 Å². The largest absolute Gasteiger partial charge is 0.349 e. The Kier molecular flexibility index (Phi) is 5.45. The van der Waals surface area contributed by atoms with Gasteiger partial charge in [0.2, 0.25) is 0 Å². The lowest BCUT2D eigenvalue weighted by atomic mass is 10.3. The van der Waals surface area contributed by atoms with Gasteiger partial charge in [-0.3, -0.25) is 9.36 Å². The lowest BCUT2D eigenvalue weighted by Gasteiger charge is -2.09. The van der Waals surface area contributed by atoms with Gasteiger partial charge >= 0.3 is 0 Å². The first-order chi connectivity index (χ1) is 10.2. The number of halogens is 1. The lowest BCUT2D eigenvalue weighted by Crippen LogP contribution is -2.33. The van der Waals surface area contributed by atoms with E-state index in [2.05, 4.69) is 22.5 Å². The minimum Gasteiger partial charge on any atom is -0.349 e. The number of hydrogen-bond donors (Lipinski definition) is 2. The van der Waals surface area contributed by atoms with Gasteiger partial charge in [0.1, 0.15) is 11.5 Å². The van der Waals surface area contributed by atoms with E-state index in [4.69, 9.17) is 0 Å². The molecule has 0 aliphatic carbocycles. The highest BCUT2D eigenvalue weighted by Crippen LogP contribution is 2.12. The monoisotopic (exact) mass is 290 g/mol. The van der Waals surface area contributed by atoms with Crippen LogP contribution >= 0.6 is 0 Å². The van der Waals surface area contributed by atoms with Crippen LogP contribution in [0.1, 0.15) is 23.8 Å². The van der Waals surface area contributed by atoms with Gasteiger partial charge in [-0.2, -0.15) is 0 Å². The summed E-state index contributed by atoms with van der Waals surface area (Å²) in [6.07, 6.45) is 4.10. The number of amides is 1. The molecule has 0 fully saturated rings. The fourth-order valence-electron chi connectivity index (χ4n) is 1.93. The summed E-state index contributed by atoms with van der Waals surface area (Å²) >= 11 is 0. The molecule has 21 heavy (non-hydrogen) atoms. The third-order valence-corrected chi connectivity index (χ3v) is 2.99. The SMILES string of the molecule is CCCNCCNC(=O)c1cncn1-c1ccc(F)cc1. The zero-order chi connectivity index (χ0) is 15.1.